The van der Waals surface area contributed by atoms with Crippen molar-refractivity contribution < 1.29 is 14.6 Å². The summed E-state index contributed by atoms with van der Waals surface area (Å²) >= 11 is 0. The second-order valence-corrected chi connectivity index (χ2v) is 5.24. The molecule has 0 unspecified atom stereocenters. The molecular formula is C18H22N2O3. The first-order valence-corrected chi connectivity index (χ1v) is 7.33. The van der Waals surface area contributed by atoms with E-state index in [-0.39, 0.29) is 5.75 Å². The number of hydrogen-bond acceptors (Lipinski definition) is 5. The summed E-state index contributed by atoms with van der Waals surface area (Å²) in [4.78, 5) is 0. The molecule has 0 aliphatic rings. The van der Waals surface area contributed by atoms with Crippen molar-refractivity contribution in [2.24, 2.45) is 5.10 Å². The molecule has 0 heterocycles. The molecule has 122 valence electrons. The molecule has 0 aromatic heterocycles. The van der Waals surface area contributed by atoms with Crippen molar-refractivity contribution in [1.82, 2.24) is 5.43 Å². The first kappa shape index (κ1) is 16.7. The van der Waals surface area contributed by atoms with E-state index in [1.54, 1.807) is 20.3 Å². The molecule has 0 spiro atoms. The Balaban J connectivity index is 2.07. The molecular weight excluding hydrogens is 292 g/mol. The number of nitrogens with zero attached hydrogens (tertiary/aromatic N) is 1. The van der Waals surface area contributed by atoms with Crippen molar-refractivity contribution in [2.45, 2.75) is 20.4 Å². The average Bonchev–Trinajstić information content (AvgIpc) is 2.56. The fraction of sp³-hybridized carbons (Fsp3) is 0.278. The van der Waals surface area contributed by atoms with E-state index < -0.39 is 0 Å². The molecule has 2 rings (SSSR count). The minimum Gasteiger partial charge on any atom is -0.507 e. The van der Waals surface area contributed by atoms with Crippen LogP contribution in [0, 0.1) is 6.92 Å². The van der Waals surface area contributed by atoms with E-state index in [2.05, 4.69) is 10.5 Å². The number of nitrogens with one attached hydrogen (secondary N) is 1. The van der Waals surface area contributed by atoms with Crippen LogP contribution in [0.4, 0.5) is 0 Å². The van der Waals surface area contributed by atoms with Crippen LogP contribution < -0.4 is 14.9 Å². The Morgan fingerprint density at radius 3 is 2.52 bits per heavy atom. The maximum atomic E-state index is 9.91. The van der Waals surface area contributed by atoms with Crippen LogP contribution in [0.1, 0.15) is 23.6 Å². The van der Waals surface area contributed by atoms with E-state index >= 15 is 0 Å². The third kappa shape index (κ3) is 4.16. The van der Waals surface area contributed by atoms with Gasteiger partial charge in [0.15, 0.2) is 11.5 Å². The van der Waals surface area contributed by atoms with E-state index in [0.717, 1.165) is 22.4 Å². The van der Waals surface area contributed by atoms with Crippen LogP contribution in [-0.2, 0) is 6.54 Å². The van der Waals surface area contributed by atoms with E-state index in [1.165, 1.54) is 0 Å². The highest BCUT2D eigenvalue weighted by Crippen LogP contribution is 2.27. The van der Waals surface area contributed by atoms with Crippen molar-refractivity contribution in [2.75, 3.05) is 14.2 Å². The predicted molar refractivity (Wildman–Crippen MR) is 91.4 cm³/mol. The van der Waals surface area contributed by atoms with E-state index in [9.17, 15) is 5.11 Å². The van der Waals surface area contributed by atoms with Crippen LogP contribution in [0.3, 0.4) is 0 Å². The molecule has 5 heteroatoms. The molecule has 0 saturated heterocycles. The average molecular weight is 314 g/mol. The summed E-state index contributed by atoms with van der Waals surface area (Å²) in [6, 6.07) is 11.2. The van der Waals surface area contributed by atoms with Gasteiger partial charge in [-0.1, -0.05) is 17.7 Å². The number of hydrazone groups is 1. The number of phenolic OH excluding ortho intramolecular Hbond substituents is 1. The quantitative estimate of drug-likeness (QED) is 0.635. The highest BCUT2D eigenvalue weighted by molar-refractivity contribution is 6.01. The van der Waals surface area contributed by atoms with Gasteiger partial charge in [-0.2, -0.15) is 5.10 Å². The van der Waals surface area contributed by atoms with Crippen LogP contribution >= 0.6 is 0 Å². The van der Waals surface area contributed by atoms with Crippen molar-refractivity contribution in [1.29, 1.82) is 0 Å². The van der Waals surface area contributed by atoms with Gasteiger partial charge in [-0.3, -0.25) is 0 Å². The molecule has 0 radical (unpaired) electrons. The smallest absolute Gasteiger partial charge is 0.161 e. The molecule has 0 saturated carbocycles. The molecule has 2 N–H and O–H groups in total. The lowest BCUT2D eigenvalue weighted by atomic mass is 10.1. The topological polar surface area (TPSA) is 63.1 Å². The molecule has 0 aliphatic heterocycles. The van der Waals surface area contributed by atoms with Crippen molar-refractivity contribution in [3.05, 3.63) is 53.1 Å². The van der Waals surface area contributed by atoms with Gasteiger partial charge in [0.1, 0.15) is 5.75 Å². The Kier molecular flexibility index (Phi) is 5.46. The molecule has 23 heavy (non-hydrogen) atoms. The Bertz CT molecular complexity index is 711. The number of aryl methyl sites for hydroxylation is 1. The standard InChI is InChI=1S/C18H22N2O3/c1-12-5-7-16(21)15(9-12)13(2)20-19-11-14-6-8-17(22-3)18(10-14)23-4/h5-10,19,21H,11H2,1-4H3/b20-13-. The summed E-state index contributed by atoms with van der Waals surface area (Å²) in [5, 5.41) is 14.2. The summed E-state index contributed by atoms with van der Waals surface area (Å²) in [6.07, 6.45) is 0. The van der Waals surface area contributed by atoms with Crippen molar-refractivity contribution in [3.8, 4) is 17.2 Å². The van der Waals surface area contributed by atoms with Gasteiger partial charge in [0, 0.05) is 5.56 Å². The zero-order valence-corrected chi connectivity index (χ0v) is 13.9. The fourth-order valence-corrected chi connectivity index (χ4v) is 2.24. The summed E-state index contributed by atoms with van der Waals surface area (Å²) in [5.74, 6) is 1.61. The number of aromatic hydroxyl groups is 1. The minimum atomic E-state index is 0.227. The lowest BCUT2D eigenvalue weighted by Gasteiger charge is -2.10. The number of methoxy groups -OCH3 is 2. The molecule has 0 bridgehead atoms. The lowest BCUT2D eigenvalue weighted by Crippen LogP contribution is -2.09. The van der Waals surface area contributed by atoms with E-state index in [0.29, 0.717) is 18.0 Å². The van der Waals surface area contributed by atoms with Gasteiger partial charge in [0.2, 0.25) is 0 Å². The Morgan fingerprint density at radius 2 is 1.83 bits per heavy atom. The summed E-state index contributed by atoms with van der Waals surface area (Å²) < 4.78 is 10.5. The molecule has 0 atom stereocenters. The van der Waals surface area contributed by atoms with Crippen molar-refractivity contribution >= 4 is 5.71 Å². The third-order valence-electron chi connectivity index (χ3n) is 3.52. The van der Waals surface area contributed by atoms with E-state index in [4.69, 9.17) is 9.47 Å². The highest BCUT2D eigenvalue weighted by atomic mass is 16.5. The number of ether oxygens (including phenoxy) is 2. The normalized spacial score (nSPS) is 11.2. The summed E-state index contributed by atoms with van der Waals surface area (Å²) in [7, 11) is 3.22. The largest absolute Gasteiger partial charge is 0.507 e. The van der Waals surface area contributed by atoms with Gasteiger partial charge in [-0.25, -0.2) is 0 Å². The van der Waals surface area contributed by atoms with Crippen LogP contribution in [0.15, 0.2) is 41.5 Å². The first-order valence-electron chi connectivity index (χ1n) is 7.33. The number of phenols is 1. The number of benzene rings is 2. The maximum absolute atomic E-state index is 9.91. The number of rotatable bonds is 6. The fourth-order valence-electron chi connectivity index (χ4n) is 2.24. The van der Waals surface area contributed by atoms with Gasteiger partial charge < -0.3 is 20.0 Å². The Labute approximate surface area is 136 Å². The second kappa shape index (κ2) is 7.54. The third-order valence-corrected chi connectivity index (χ3v) is 3.52. The Morgan fingerprint density at radius 1 is 1.09 bits per heavy atom. The van der Waals surface area contributed by atoms with Crippen LogP contribution in [0.5, 0.6) is 17.2 Å². The van der Waals surface area contributed by atoms with Crippen LogP contribution in [0.25, 0.3) is 0 Å². The van der Waals surface area contributed by atoms with Gasteiger partial charge >= 0.3 is 0 Å². The minimum absolute atomic E-state index is 0.227. The maximum Gasteiger partial charge on any atom is 0.161 e. The zero-order valence-electron chi connectivity index (χ0n) is 13.9. The molecule has 5 nitrogen and oxygen atoms in total. The molecule has 0 fully saturated rings. The van der Waals surface area contributed by atoms with Crippen LogP contribution in [-0.4, -0.2) is 25.0 Å². The Hall–Kier alpha value is -2.69. The first-order chi connectivity index (χ1) is 11.0. The zero-order chi connectivity index (χ0) is 16.8. The molecule has 2 aromatic rings. The predicted octanol–water partition coefficient (Wildman–Crippen LogP) is 3.23. The molecule has 2 aromatic carbocycles. The number of hydrogen-bond donors (Lipinski definition) is 2. The SMILES string of the molecule is COc1ccc(CN/N=C(/C)c2cc(C)ccc2O)cc1OC. The lowest BCUT2D eigenvalue weighted by molar-refractivity contribution is 0.354. The van der Waals surface area contributed by atoms with Crippen LogP contribution in [0.2, 0.25) is 0 Å². The van der Waals surface area contributed by atoms with E-state index in [1.807, 2.05) is 44.2 Å². The second-order valence-electron chi connectivity index (χ2n) is 5.24. The monoisotopic (exact) mass is 314 g/mol. The van der Waals surface area contributed by atoms with Gasteiger partial charge in [0.25, 0.3) is 0 Å². The molecule has 0 aliphatic carbocycles. The molecule has 0 amide bonds. The summed E-state index contributed by atoms with van der Waals surface area (Å²) in [6.45, 7) is 4.38. The van der Waals surface area contributed by atoms with Gasteiger partial charge in [0.05, 0.1) is 26.5 Å². The van der Waals surface area contributed by atoms with Gasteiger partial charge in [-0.05, 0) is 43.7 Å². The van der Waals surface area contributed by atoms with Gasteiger partial charge in [-0.15, -0.1) is 0 Å². The summed E-state index contributed by atoms with van der Waals surface area (Å²) in [5.41, 5.74) is 6.57. The van der Waals surface area contributed by atoms with Crippen molar-refractivity contribution in [3.63, 3.8) is 0 Å². The highest BCUT2D eigenvalue weighted by Gasteiger charge is 2.06.